The van der Waals surface area contributed by atoms with Crippen LogP contribution in [-0.2, 0) is 12.8 Å². The van der Waals surface area contributed by atoms with E-state index in [1.165, 1.54) is 0 Å². The van der Waals surface area contributed by atoms with Crippen LogP contribution in [0.1, 0.15) is 35.3 Å². The van der Waals surface area contributed by atoms with Gasteiger partial charge >= 0.3 is 0 Å². The summed E-state index contributed by atoms with van der Waals surface area (Å²) >= 11 is 3.33. The van der Waals surface area contributed by atoms with Gasteiger partial charge in [-0.25, -0.2) is 0 Å². The van der Waals surface area contributed by atoms with Crippen LogP contribution < -0.4 is 11.1 Å². The van der Waals surface area contributed by atoms with E-state index in [2.05, 4.69) is 35.1 Å². The zero-order valence-corrected chi connectivity index (χ0v) is 13.8. The van der Waals surface area contributed by atoms with Gasteiger partial charge in [0.1, 0.15) is 0 Å². The van der Waals surface area contributed by atoms with Crippen LogP contribution in [0.15, 0.2) is 40.9 Å². The molecule has 2 rings (SSSR count). The van der Waals surface area contributed by atoms with Gasteiger partial charge in [0.2, 0.25) is 0 Å². The van der Waals surface area contributed by atoms with Gasteiger partial charge < -0.3 is 11.1 Å². The van der Waals surface area contributed by atoms with E-state index in [4.69, 9.17) is 5.73 Å². The van der Waals surface area contributed by atoms with Crippen molar-refractivity contribution in [3.05, 3.63) is 57.6 Å². The summed E-state index contributed by atoms with van der Waals surface area (Å²) < 4.78 is 0.794. The molecule has 0 atom stereocenters. The van der Waals surface area contributed by atoms with Crippen LogP contribution in [0.4, 0.5) is 11.4 Å². The third-order valence-corrected chi connectivity index (χ3v) is 4.22. The second-order valence-electron chi connectivity index (χ2n) is 4.85. The Balaban J connectivity index is 2.33. The number of carbonyl (C=O) groups excluding carboxylic acids is 1. The van der Waals surface area contributed by atoms with Gasteiger partial charge in [-0.3, -0.25) is 4.79 Å². The number of hydrogen-bond donors (Lipinski definition) is 2. The summed E-state index contributed by atoms with van der Waals surface area (Å²) in [6.07, 6.45) is 1.76. The third-order valence-electron chi connectivity index (χ3n) is 3.50. The smallest absolute Gasteiger partial charge is 0.255 e. The second-order valence-corrected chi connectivity index (χ2v) is 5.70. The fourth-order valence-electron chi connectivity index (χ4n) is 2.27. The number of para-hydroxylation sites is 1. The zero-order valence-electron chi connectivity index (χ0n) is 12.2. The van der Waals surface area contributed by atoms with E-state index < -0.39 is 0 Å². The minimum atomic E-state index is -0.134. The number of halogens is 1. The van der Waals surface area contributed by atoms with E-state index in [1.807, 2.05) is 18.2 Å². The standard InChI is InChI=1S/C17H19BrN2O/c1-3-11-6-5-7-12(4-2)16(11)20-17(21)13-8-9-14(18)15(19)10-13/h5-10H,3-4,19H2,1-2H3,(H,20,21). The highest BCUT2D eigenvalue weighted by molar-refractivity contribution is 9.10. The number of amides is 1. The molecule has 0 aliphatic carbocycles. The molecule has 0 saturated carbocycles. The van der Waals surface area contributed by atoms with Crippen molar-refractivity contribution in [3.8, 4) is 0 Å². The quantitative estimate of drug-likeness (QED) is 0.805. The van der Waals surface area contributed by atoms with E-state index in [0.717, 1.165) is 34.1 Å². The number of aryl methyl sites for hydroxylation is 2. The van der Waals surface area contributed by atoms with Crippen LogP contribution in [0.5, 0.6) is 0 Å². The van der Waals surface area contributed by atoms with Crippen molar-refractivity contribution in [2.24, 2.45) is 0 Å². The normalized spacial score (nSPS) is 10.4. The monoisotopic (exact) mass is 346 g/mol. The van der Waals surface area contributed by atoms with Gasteiger partial charge in [-0.1, -0.05) is 32.0 Å². The van der Waals surface area contributed by atoms with Crippen molar-refractivity contribution in [2.75, 3.05) is 11.1 Å². The molecule has 2 aromatic rings. The predicted molar refractivity (Wildman–Crippen MR) is 91.7 cm³/mol. The van der Waals surface area contributed by atoms with Crippen molar-refractivity contribution in [3.63, 3.8) is 0 Å². The van der Waals surface area contributed by atoms with E-state index in [1.54, 1.807) is 18.2 Å². The van der Waals surface area contributed by atoms with E-state index in [-0.39, 0.29) is 5.91 Å². The summed E-state index contributed by atoms with van der Waals surface area (Å²) in [5, 5.41) is 3.03. The molecule has 3 nitrogen and oxygen atoms in total. The van der Waals surface area contributed by atoms with Crippen LogP contribution in [0.25, 0.3) is 0 Å². The molecule has 0 aliphatic rings. The van der Waals surface area contributed by atoms with Crippen LogP contribution >= 0.6 is 15.9 Å². The molecule has 0 radical (unpaired) electrons. The van der Waals surface area contributed by atoms with Crippen LogP contribution in [0, 0.1) is 0 Å². The van der Waals surface area contributed by atoms with Gasteiger partial charge in [0.15, 0.2) is 0 Å². The number of nitrogen functional groups attached to an aromatic ring is 1. The number of rotatable bonds is 4. The van der Waals surface area contributed by atoms with Gasteiger partial charge in [-0.05, 0) is 58.1 Å². The van der Waals surface area contributed by atoms with Crippen molar-refractivity contribution in [1.29, 1.82) is 0 Å². The summed E-state index contributed by atoms with van der Waals surface area (Å²) in [4.78, 5) is 12.4. The lowest BCUT2D eigenvalue weighted by Crippen LogP contribution is -2.15. The Kier molecular flexibility index (Phi) is 5.02. The van der Waals surface area contributed by atoms with Gasteiger partial charge in [0, 0.05) is 21.4 Å². The van der Waals surface area contributed by atoms with E-state index in [0.29, 0.717) is 11.3 Å². The average Bonchev–Trinajstić information content (AvgIpc) is 2.50. The summed E-state index contributed by atoms with van der Waals surface area (Å²) in [7, 11) is 0. The SMILES string of the molecule is CCc1cccc(CC)c1NC(=O)c1ccc(Br)c(N)c1. The fourth-order valence-corrected chi connectivity index (χ4v) is 2.52. The largest absolute Gasteiger partial charge is 0.398 e. The zero-order chi connectivity index (χ0) is 15.4. The first-order chi connectivity index (χ1) is 10.1. The Morgan fingerprint density at radius 1 is 1.14 bits per heavy atom. The highest BCUT2D eigenvalue weighted by atomic mass is 79.9. The molecule has 0 heterocycles. The minimum Gasteiger partial charge on any atom is -0.398 e. The molecule has 0 aromatic heterocycles. The predicted octanol–water partition coefficient (Wildman–Crippen LogP) is 4.41. The fraction of sp³-hybridized carbons (Fsp3) is 0.235. The van der Waals surface area contributed by atoms with Crippen LogP contribution in [-0.4, -0.2) is 5.91 Å². The first-order valence-electron chi connectivity index (χ1n) is 7.04. The first-order valence-corrected chi connectivity index (χ1v) is 7.83. The van der Waals surface area contributed by atoms with Crippen molar-refractivity contribution in [1.82, 2.24) is 0 Å². The van der Waals surface area contributed by atoms with Crippen LogP contribution in [0.3, 0.4) is 0 Å². The molecule has 0 saturated heterocycles. The third kappa shape index (κ3) is 3.45. The molecule has 110 valence electrons. The average molecular weight is 347 g/mol. The Morgan fingerprint density at radius 2 is 1.76 bits per heavy atom. The maximum absolute atomic E-state index is 12.4. The molecule has 21 heavy (non-hydrogen) atoms. The molecule has 1 amide bonds. The summed E-state index contributed by atoms with van der Waals surface area (Å²) in [6.45, 7) is 4.17. The number of anilines is 2. The molecular weight excluding hydrogens is 328 g/mol. The molecule has 0 aliphatic heterocycles. The number of benzene rings is 2. The summed E-state index contributed by atoms with van der Waals surface area (Å²) in [5.41, 5.74) is 10.2. The van der Waals surface area contributed by atoms with Crippen molar-refractivity contribution >= 4 is 33.2 Å². The topological polar surface area (TPSA) is 55.1 Å². The molecular formula is C17H19BrN2O. The minimum absolute atomic E-state index is 0.134. The summed E-state index contributed by atoms with van der Waals surface area (Å²) in [6, 6.07) is 11.4. The number of hydrogen-bond acceptors (Lipinski definition) is 2. The van der Waals surface area contributed by atoms with E-state index in [9.17, 15) is 4.79 Å². The maximum Gasteiger partial charge on any atom is 0.255 e. The molecule has 0 spiro atoms. The molecule has 0 fully saturated rings. The molecule has 0 bridgehead atoms. The Morgan fingerprint density at radius 3 is 2.29 bits per heavy atom. The lowest BCUT2D eigenvalue weighted by molar-refractivity contribution is 0.102. The maximum atomic E-state index is 12.4. The molecule has 4 heteroatoms. The molecule has 2 aromatic carbocycles. The van der Waals surface area contributed by atoms with Crippen molar-refractivity contribution in [2.45, 2.75) is 26.7 Å². The number of nitrogens with one attached hydrogen (secondary N) is 1. The number of carbonyl (C=O) groups is 1. The van der Waals surface area contributed by atoms with Gasteiger partial charge in [0.05, 0.1) is 0 Å². The Hall–Kier alpha value is -1.81. The summed E-state index contributed by atoms with van der Waals surface area (Å²) in [5.74, 6) is -0.134. The molecule has 3 N–H and O–H groups in total. The van der Waals surface area contributed by atoms with Gasteiger partial charge in [-0.15, -0.1) is 0 Å². The highest BCUT2D eigenvalue weighted by Gasteiger charge is 2.12. The lowest BCUT2D eigenvalue weighted by atomic mass is 10.0. The second kappa shape index (κ2) is 6.76. The van der Waals surface area contributed by atoms with Gasteiger partial charge in [0.25, 0.3) is 5.91 Å². The van der Waals surface area contributed by atoms with Crippen molar-refractivity contribution < 1.29 is 4.79 Å². The Bertz CT molecular complexity index is 646. The van der Waals surface area contributed by atoms with Gasteiger partial charge in [-0.2, -0.15) is 0 Å². The van der Waals surface area contributed by atoms with Crippen LogP contribution in [0.2, 0.25) is 0 Å². The number of nitrogens with two attached hydrogens (primary N) is 1. The first kappa shape index (κ1) is 15.6. The Labute approximate surface area is 133 Å². The molecule has 0 unspecified atom stereocenters. The lowest BCUT2D eigenvalue weighted by Gasteiger charge is -2.14. The van der Waals surface area contributed by atoms with E-state index >= 15 is 0 Å². The highest BCUT2D eigenvalue weighted by Crippen LogP contribution is 2.25.